The largest absolute Gasteiger partial charge is 0.322 e. The number of nitrogens with one attached hydrogen (secondary N) is 1. The molecule has 0 heterocycles. The van der Waals surface area contributed by atoms with Gasteiger partial charge in [0.05, 0.1) is 5.56 Å². The second-order valence-electron chi connectivity index (χ2n) is 4.40. The molecule has 0 radical (unpaired) electrons. The highest BCUT2D eigenvalue weighted by Gasteiger charge is 2.13. The Balaban J connectivity index is 2.30. The lowest BCUT2D eigenvalue weighted by Gasteiger charge is -2.10. The smallest absolute Gasteiger partial charge is 0.258 e. The minimum absolute atomic E-state index is 0.0617. The fourth-order valence-corrected chi connectivity index (χ4v) is 1.90. The number of amides is 1. The minimum atomic E-state index is -0.591. The van der Waals surface area contributed by atoms with Gasteiger partial charge >= 0.3 is 0 Å². The van der Waals surface area contributed by atoms with Gasteiger partial charge in [0, 0.05) is 10.7 Å². The Morgan fingerprint density at radius 2 is 1.89 bits per heavy atom. The fourth-order valence-electron chi connectivity index (χ4n) is 1.73. The van der Waals surface area contributed by atoms with E-state index >= 15 is 0 Å². The van der Waals surface area contributed by atoms with Gasteiger partial charge in [-0.25, -0.2) is 4.39 Å². The van der Waals surface area contributed by atoms with E-state index in [0.29, 0.717) is 10.7 Å². The maximum Gasteiger partial charge on any atom is 0.258 e. The van der Waals surface area contributed by atoms with Gasteiger partial charge in [-0.2, -0.15) is 0 Å². The molecule has 4 heteroatoms. The second kappa shape index (κ2) is 5.41. The van der Waals surface area contributed by atoms with Crippen molar-refractivity contribution in [2.45, 2.75) is 13.8 Å². The Kier molecular flexibility index (Phi) is 3.86. The Hall–Kier alpha value is -1.87. The number of hydrogen-bond acceptors (Lipinski definition) is 1. The Morgan fingerprint density at radius 3 is 2.63 bits per heavy atom. The van der Waals surface area contributed by atoms with Gasteiger partial charge in [0.15, 0.2) is 0 Å². The highest BCUT2D eigenvalue weighted by Crippen LogP contribution is 2.20. The van der Waals surface area contributed by atoms with E-state index in [0.717, 1.165) is 11.1 Å². The lowest BCUT2D eigenvalue weighted by Crippen LogP contribution is -2.14. The average molecular weight is 278 g/mol. The van der Waals surface area contributed by atoms with Gasteiger partial charge in [0.25, 0.3) is 5.91 Å². The molecule has 19 heavy (non-hydrogen) atoms. The van der Waals surface area contributed by atoms with Gasteiger partial charge in [-0.15, -0.1) is 0 Å². The van der Waals surface area contributed by atoms with Gasteiger partial charge in [-0.05, 0) is 49.2 Å². The first-order valence-electron chi connectivity index (χ1n) is 5.81. The summed E-state index contributed by atoms with van der Waals surface area (Å²) in [4.78, 5) is 12.0. The zero-order valence-corrected chi connectivity index (χ0v) is 11.4. The molecule has 0 saturated heterocycles. The van der Waals surface area contributed by atoms with Gasteiger partial charge in [-0.1, -0.05) is 23.7 Å². The van der Waals surface area contributed by atoms with E-state index in [1.165, 1.54) is 18.2 Å². The first kappa shape index (κ1) is 13.6. The standard InChI is InChI=1S/C15H13ClFNO/c1-9-3-4-10(2)14(7-9)18-15(19)12-8-11(16)5-6-13(12)17/h3-8H,1-2H3,(H,18,19). The van der Waals surface area contributed by atoms with Crippen LogP contribution in [-0.4, -0.2) is 5.91 Å². The molecular weight excluding hydrogens is 265 g/mol. The highest BCUT2D eigenvalue weighted by molar-refractivity contribution is 6.31. The molecule has 0 aliphatic rings. The van der Waals surface area contributed by atoms with E-state index in [1.807, 2.05) is 32.0 Å². The van der Waals surface area contributed by atoms with Crippen LogP contribution in [0.25, 0.3) is 0 Å². The van der Waals surface area contributed by atoms with Gasteiger partial charge < -0.3 is 5.32 Å². The third-order valence-corrected chi connectivity index (χ3v) is 3.05. The Bertz CT molecular complexity index is 640. The molecule has 0 unspecified atom stereocenters. The number of carbonyl (C=O) groups is 1. The molecular formula is C15H13ClFNO. The third kappa shape index (κ3) is 3.12. The van der Waals surface area contributed by atoms with Crippen molar-refractivity contribution >= 4 is 23.2 Å². The molecule has 1 N–H and O–H groups in total. The maximum absolute atomic E-state index is 13.6. The predicted octanol–water partition coefficient (Wildman–Crippen LogP) is 4.35. The first-order chi connectivity index (χ1) is 8.97. The zero-order valence-electron chi connectivity index (χ0n) is 10.6. The Morgan fingerprint density at radius 1 is 1.16 bits per heavy atom. The molecule has 0 aromatic heterocycles. The van der Waals surface area contributed by atoms with Crippen LogP contribution in [0.15, 0.2) is 36.4 Å². The van der Waals surface area contributed by atoms with E-state index in [-0.39, 0.29) is 5.56 Å². The monoisotopic (exact) mass is 277 g/mol. The summed E-state index contributed by atoms with van der Waals surface area (Å²) in [5.41, 5.74) is 2.55. The number of benzene rings is 2. The zero-order chi connectivity index (χ0) is 14.0. The van der Waals surface area contributed by atoms with Crippen molar-refractivity contribution in [1.82, 2.24) is 0 Å². The molecule has 0 spiro atoms. The van der Waals surface area contributed by atoms with E-state index in [2.05, 4.69) is 5.32 Å². The maximum atomic E-state index is 13.6. The van der Waals surface area contributed by atoms with E-state index in [9.17, 15) is 9.18 Å². The number of hydrogen-bond donors (Lipinski definition) is 1. The average Bonchev–Trinajstić information content (AvgIpc) is 2.36. The topological polar surface area (TPSA) is 29.1 Å². The van der Waals surface area contributed by atoms with Crippen molar-refractivity contribution in [3.05, 3.63) is 63.9 Å². The number of halogens is 2. The fraction of sp³-hybridized carbons (Fsp3) is 0.133. The van der Waals surface area contributed by atoms with Crippen LogP contribution in [0.3, 0.4) is 0 Å². The summed E-state index contributed by atoms with van der Waals surface area (Å²) in [7, 11) is 0. The first-order valence-corrected chi connectivity index (χ1v) is 6.19. The SMILES string of the molecule is Cc1ccc(C)c(NC(=O)c2cc(Cl)ccc2F)c1. The summed E-state index contributed by atoms with van der Waals surface area (Å²) in [6, 6.07) is 9.60. The van der Waals surface area contributed by atoms with Crippen LogP contribution in [0.5, 0.6) is 0 Å². The minimum Gasteiger partial charge on any atom is -0.322 e. The van der Waals surface area contributed by atoms with Crippen LogP contribution in [0.4, 0.5) is 10.1 Å². The third-order valence-electron chi connectivity index (χ3n) is 2.81. The van der Waals surface area contributed by atoms with E-state index in [1.54, 1.807) is 0 Å². The number of aryl methyl sites for hydroxylation is 2. The molecule has 0 aliphatic heterocycles. The van der Waals surface area contributed by atoms with Crippen molar-refractivity contribution in [1.29, 1.82) is 0 Å². The van der Waals surface area contributed by atoms with E-state index in [4.69, 9.17) is 11.6 Å². The quantitative estimate of drug-likeness (QED) is 0.869. The lowest BCUT2D eigenvalue weighted by atomic mass is 10.1. The lowest BCUT2D eigenvalue weighted by molar-refractivity contribution is 0.102. The summed E-state index contributed by atoms with van der Waals surface area (Å²) in [6.07, 6.45) is 0. The predicted molar refractivity (Wildman–Crippen MR) is 75.3 cm³/mol. The summed E-state index contributed by atoms with van der Waals surface area (Å²) < 4.78 is 13.6. The summed E-state index contributed by atoms with van der Waals surface area (Å²) in [5, 5.41) is 3.02. The normalized spacial score (nSPS) is 10.3. The molecule has 98 valence electrons. The van der Waals surface area contributed by atoms with E-state index < -0.39 is 11.7 Å². The molecule has 0 bridgehead atoms. The van der Waals surface area contributed by atoms with Crippen molar-refractivity contribution in [3.63, 3.8) is 0 Å². The van der Waals surface area contributed by atoms with Crippen molar-refractivity contribution in [2.75, 3.05) is 5.32 Å². The van der Waals surface area contributed by atoms with Crippen molar-refractivity contribution < 1.29 is 9.18 Å². The molecule has 0 atom stereocenters. The van der Waals surface area contributed by atoms with Crippen LogP contribution in [0.1, 0.15) is 21.5 Å². The summed E-state index contributed by atoms with van der Waals surface area (Å²) >= 11 is 5.77. The number of rotatable bonds is 2. The van der Waals surface area contributed by atoms with Crippen LogP contribution >= 0.6 is 11.6 Å². The van der Waals surface area contributed by atoms with Crippen molar-refractivity contribution in [2.24, 2.45) is 0 Å². The van der Waals surface area contributed by atoms with Crippen LogP contribution in [0, 0.1) is 19.7 Å². The molecule has 2 nitrogen and oxygen atoms in total. The van der Waals surface area contributed by atoms with Gasteiger partial charge in [0.1, 0.15) is 5.82 Å². The second-order valence-corrected chi connectivity index (χ2v) is 4.83. The molecule has 0 saturated carbocycles. The van der Waals surface area contributed by atoms with Crippen LogP contribution in [0.2, 0.25) is 5.02 Å². The molecule has 0 aliphatic carbocycles. The molecule has 2 aromatic rings. The summed E-state index contributed by atoms with van der Waals surface area (Å²) in [5.74, 6) is -1.10. The van der Waals surface area contributed by atoms with Crippen molar-refractivity contribution in [3.8, 4) is 0 Å². The van der Waals surface area contributed by atoms with Crippen LogP contribution in [-0.2, 0) is 0 Å². The molecule has 2 aromatic carbocycles. The molecule has 1 amide bonds. The number of anilines is 1. The van der Waals surface area contributed by atoms with Crippen LogP contribution < -0.4 is 5.32 Å². The molecule has 2 rings (SSSR count). The van der Waals surface area contributed by atoms with Gasteiger partial charge in [-0.3, -0.25) is 4.79 Å². The Labute approximate surface area is 116 Å². The summed E-state index contributed by atoms with van der Waals surface area (Å²) in [6.45, 7) is 3.80. The highest BCUT2D eigenvalue weighted by atomic mass is 35.5. The van der Waals surface area contributed by atoms with Gasteiger partial charge in [0.2, 0.25) is 0 Å². The molecule has 0 fully saturated rings. The number of carbonyl (C=O) groups excluding carboxylic acids is 1.